The van der Waals surface area contributed by atoms with Crippen LogP contribution in [-0.2, 0) is 0 Å². The molecule has 0 bridgehead atoms. The van der Waals surface area contributed by atoms with E-state index in [0.29, 0.717) is 6.04 Å². The predicted octanol–water partition coefficient (Wildman–Crippen LogP) is 1.13. The highest BCUT2D eigenvalue weighted by atomic mass is 32.1. The Morgan fingerprint density at radius 3 is 2.47 bits per heavy atom. The van der Waals surface area contributed by atoms with Crippen LogP contribution in [0.25, 0.3) is 0 Å². The Morgan fingerprint density at radius 2 is 1.89 bits per heavy atom. The van der Waals surface area contributed by atoms with E-state index >= 15 is 0 Å². The molecule has 0 N–H and O–H groups in total. The molecule has 0 unspecified atom stereocenters. The number of rotatable bonds is 2. The minimum atomic E-state index is 0.212. The van der Waals surface area contributed by atoms with Gasteiger partial charge in [0.1, 0.15) is 0 Å². The van der Waals surface area contributed by atoms with Crippen LogP contribution >= 0.6 is 11.3 Å². The topological polar surface area (TPSA) is 26.8 Å². The molecule has 2 saturated heterocycles. The Kier molecular flexibility index (Phi) is 3.60. The van der Waals surface area contributed by atoms with Gasteiger partial charge in [0.2, 0.25) is 0 Å². The van der Waals surface area contributed by atoms with Gasteiger partial charge in [-0.15, -0.1) is 11.3 Å². The average molecular weight is 279 g/mol. The monoisotopic (exact) mass is 279 g/mol. The highest BCUT2D eigenvalue weighted by Crippen LogP contribution is 2.23. The maximum absolute atomic E-state index is 12.2. The normalized spacial score (nSPS) is 22.5. The van der Waals surface area contributed by atoms with Crippen LogP contribution in [0.3, 0.4) is 0 Å². The van der Waals surface area contributed by atoms with Gasteiger partial charge in [0, 0.05) is 50.2 Å². The molecule has 1 aromatic heterocycles. The summed E-state index contributed by atoms with van der Waals surface area (Å²) in [6.45, 7) is 8.43. The Hall–Kier alpha value is -0.910. The summed E-state index contributed by atoms with van der Waals surface area (Å²) in [6, 6.07) is 4.56. The molecule has 19 heavy (non-hydrogen) atoms. The summed E-state index contributed by atoms with van der Waals surface area (Å²) < 4.78 is 0. The van der Waals surface area contributed by atoms with Crippen LogP contribution in [0, 0.1) is 6.92 Å². The molecule has 3 heterocycles. The molecule has 2 fully saturated rings. The molecule has 5 heteroatoms. The second kappa shape index (κ2) is 5.23. The van der Waals surface area contributed by atoms with Crippen molar-refractivity contribution in [3.05, 3.63) is 21.9 Å². The van der Waals surface area contributed by atoms with E-state index in [1.807, 2.05) is 24.0 Å². The Balaban J connectivity index is 1.51. The van der Waals surface area contributed by atoms with E-state index < -0.39 is 0 Å². The van der Waals surface area contributed by atoms with Gasteiger partial charge < -0.3 is 9.80 Å². The fourth-order valence-electron chi connectivity index (χ4n) is 2.74. The van der Waals surface area contributed by atoms with Gasteiger partial charge in [-0.25, -0.2) is 0 Å². The van der Waals surface area contributed by atoms with Crippen LogP contribution in [0.4, 0.5) is 0 Å². The summed E-state index contributed by atoms with van der Waals surface area (Å²) in [5.41, 5.74) is 0. The first-order chi connectivity index (χ1) is 9.13. The van der Waals surface area contributed by atoms with E-state index in [9.17, 15) is 4.79 Å². The molecule has 0 aliphatic carbocycles. The second-order valence-electron chi connectivity index (χ2n) is 5.61. The van der Waals surface area contributed by atoms with Gasteiger partial charge in [0.15, 0.2) is 0 Å². The molecule has 104 valence electrons. The number of aryl methyl sites for hydroxylation is 1. The number of hydrogen-bond acceptors (Lipinski definition) is 4. The number of carbonyl (C=O) groups is 1. The van der Waals surface area contributed by atoms with E-state index in [1.54, 1.807) is 11.3 Å². The summed E-state index contributed by atoms with van der Waals surface area (Å²) in [4.78, 5) is 21.2. The first kappa shape index (κ1) is 13.1. The summed E-state index contributed by atoms with van der Waals surface area (Å²) in [5.74, 6) is 0.212. The molecule has 1 aromatic rings. The number of likely N-dealkylation sites (tertiary alicyclic amines) is 1. The molecule has 0 atom stereocenters. The lowest BCUT2D eigenvalue weighted by molar-refractivity contribution is 0.0113. The number of likely N-dealkylation sites (N-methyl/N-ethyl adjacent to an activating group) is 1. The quantitative estimate of drug-likeness (QED) is 0.812. The molecule has 4 nitrogen and oxygen atoms in total. The molecule has 0 aromatic carbocycles. The highest BCUT2D eigenvalue weighted by molar-refractivity contribution is 7.13. The SMILES string of the molecule is Cc1ccc(C(=O)N2CC(N3CCN(C)CC3)C2)s1. The van der Waals surface area contributed by atoms with Gasteiger partial charge in [0.05, 0.1) is 4.88 Å². The molecule has 0 radical (unpaired) electrons. The van der Waals surface area contributed by atoms with Crippen molar-refractivity contribution in [3.63, 3.8) is 0 Å². The fraction of sp³-hybridized carbons (Fsp3) is 0.643. The van der Waals surface area contributed by atoms with E-state index in [-0.39, 0.29) is 5.91 Å². The zero-order valence-electron chi connectivity index (χ0n) is 11.6. The summed E-state index contributed by atoms with van der Waals surface area (Å²) in [6.07, 6.45) is 0. The zero-order valence-corrected chi connectivity index (χ0v) is 12.4. The van der Waals surface area contributed by atoms with Crippen LogP contribution in [0.2, 0.25) is 0 Å². The van der Waals surface area contributed by atoms with Gasteiger partial charge in [-0.3, -0.25) is 9.69 Å². The Bertz CT molecular complexity index is 459. The van der Waals surface area contributed by atoms with Gasteiger partial charge in [0.25, 0.3) is 5.91 Å². The van der Waals surface area contributed by atoms with Crippen molar-refractivity contribution >= 4 is 17.2 Å². The highest BCUT2D eigenvalue weighted by Gasteiger charge is 2.36. The largest absolute Gasteiger partial charge is 0.335 e. The van der Waals surface area contributed by atoms with Gasteiger partial charge in [-0.05, 0) is 26.1 Å². The Morgan fingerprint density at radius 1 is 1.21 bits per heavy atom. The van der Waals surface area contributed by atoms with Gasteiger partial charge in [-0.1, -0.05) is 0 Å². The van der Waals surface area contributed by atoms with Crippen molar-refractivity contribution in [3.8, 4) is 0 Å². The summed E-state index contributed by atoms with van der Waals surface area (Å²) >= 11 is 1.60. The molecule has 0 saturated carbocycles. The molecule has 3 rings (SSSR count). The van der Waals surface area contributed by atoms with Crippen molar-refractivity contribution in [1.82, 2.24) is 14.7 Å². The van der Waals surface area contributed by atoms with Crippen molar-refractivity contribution in [2.45, 2.75) is 13.0 Å². The van der Waals surface area contributed by atoms with E-state index in [0.717, 1.165) is 44.1 Å². The molecular weight excluding hydrogens is 258 g/mol. The lowest BCUT2D eigenvalue weighted by Crippen LogP contribution is -2.63. The number of hydrogen-bond donors (Lipinski definition) is 0. The van der Waals surface area contributed by atoms with Gasteiger partial charge >= 0.3 is 0 Å². The first-order valence-electron chi connectivity index (χ1n) is 6.92. The van der Waals surface area contributed by atoms with Crippen LogP contribution < -0.4 is 0 Å². The standard InChI is InChI=1S/C14H21N3OS/c1-11-3-4-13(19-11)14(18)17-9-12(10-17)16-7-5-15(2)6-8-16/h3-4,12H,5-10H2,1-2H3. The smallest absolute Gasteiger partial charge is 0.264 e. The third kappa shape index (κ3) is 2.68. The minimum Gasteiger partial charge on any atom is -0.335 e. The number of thiophene rings is 1. The minimum absolute atomic E-state index is 0.212. The number of nitrogens with zero attached hydrogens (tertiary/aromatic N) is 3. The third-order valence-corrected chi connectivity index (χ3v) is 5.14. The maximum Gasteiger partial charge on any atom is 0.264 e. The van der Waals surface area contributed by atoms with Crippen molar-refractivity contribution < 1.29 is 4.79 Å². The Labute approximate surface area is 118 Å². The molecule has 0 spiro atoms. The van der Waals surface area contributed by atoms with E-state index in [1.165, 1.54) is 4.88 Å². The zero-order chi connectivity index (χ0) is 13.4. The average Bonchev–Trinajstić information content (AvgIpc) is 2.76. The van der Waals surface area contributed by atoms with Gasteiger partial charge in [-0.2, -0.15) is 0 Å². The number of piperazine rings is 1. The number of carbonyl (C=O) groups excluding carboxylic acids is 1. The van der Waals surface area contributed by atoms with Crippen LogP contribution in [-0.4, -0.2) is 73.0 Å². The fourth-order valence-corrected chi connectivity index (χ4v) is 3.58. The molecule has 2 aliphatic heterocycles. The van der Waals surface area contributed by atoms with Crippen LogP contribution in [0.5, 0.6) is 0 Å². The van der Waals surface area contributed by atoms with Crippen LogP contribution in [0.15, 0.2) is 12.1 Å². The summed E-state index contributed by atoms with van der Waals surface area (Å²) in [7, 11) is 2.17. The van der Waals surface area contributed by atoms with Crippen molar-refractivity contribution in [2.75, 3.05) is 46.3 Å². The molecule has 2 aliphatic rings. The lowest BCUT2D eigenvalue weighted by Gasteiger charge is -2.47. The number of amides is 1. The maximum atomic E-state index is 12.2. The van der Waals surface area contributed by atoms with Crippen molar-refractivity contribution in [2.24, 2.45) is 0 Å². The first-order valence-corrected chi connectivity index (χ1v) is 7.73. The third-order valence-electron chi connectivity index (χ3n) is 4.15. The van der Waals surface area contributed by atoms with Crippen LogP contribution in [0.1, 0.15) is 14.5 Å². The molecular formula is C14H21N3OS. The predicted molar refractivity (Wildman–Crippen MR) is 77.8 cm³/mol. The van der Waals surface area contributed by atoms with Crippen molar-refractivity contribution in [1.29, 1.82) is 0 Å². The molecule has 1 amide bonds. The second-order valence-corrected chi connectivity index (χ2v) is 6.90. The van der Waals surface area contributed by atoms with E-state index in [2.05, 4.69) is 16.8 Å². The summed E-state index contributed by atoms with van der Waals surface area (Å²) in [5, 5.41) is 0. The lowest BCUT2D eigenvalue weighted by atomic mass is 10.1. The van der Waals surface area contributed by atoms with E-state index in [4.69, 9.17) is 0 Å².